The molecule has 0 heterocycles. The van der Waals surface area contributed by atoms with Crippen LogP contribution in [0.4, 0.5) is 10.5 Å². The Labute approximate surface area is 146 Å². The predicted octanol–water partition coefficient (Wildman–Crippen LogP) is 3.89. The number of carbonyl (C=O) groups excluding carboxylic acids is 1. The van der Waals surface area contributed by atoms with E-state index in [4.69, 9.17) is 10.00 Å². The van der Waals surface area contributed by atoms with E-state index in [0.717, 1.165) is 16.3 Å². The number of nitriles is 1. The Kier molecular flexibility index (Phi) is 7.51. The zero-order valence-corrected chi connectivity index (χ0v) is 14.0. The van der Waals surface area contributed by atoms with Crippen molar-refractivity contribution in [2.24, 2.45) is 0 Å². The number of nitrogens with zero attached hydrogens (tertiary/aromatic N) is 1. The molecular formula is C18H19N3O2S. The highest BCUT2D eigenvalue weighted by Gasteiger charge is 2.06. The summed E-state index contributed by atoms with van der Waals surface area (Å²) in [5.74, 6) is 1.47. The van der Waals surface area contributed by atoms with Crippen LogP contribution < -0.4 is 15.4 Å². The zero-order valence-electron chi connectivity index (χ0n) is 13.2. The Morgan fingerprint density at radius 2 is 1.88 bits per heavy atom. The number of hydrogen-bond donors (Lipinski definition) is 2. The number of urea groups is 1. The van der Waals surface area contributed by atoms with Crippen molar-refractivity contribution in [3.63, 3.8) is 0 Å². The Balaban J connectivity index is 1.75. The van der Waals surface area contributed by atoms with Gasteiger partial charge in [-0.3, -0.25) is 0 Å². The van der Waals surface area contributed by atoms with Crippen LogP contribution in [-0.2, 0) is 0 Å². The van der Waals surface area contributed by atoms with Gasteiger partial charge in [-0.2, -0.15) is 5.26 Å². The van der Waals surface area contributed by atoms with Crippen molar-refractivity contribution in [1.29, 1.82) is 5.26 Å². The predicted molar refractivity (Wildman–Crippen MR) is 96.4 cm³/mol. The number of thioether (sulfide) groups is 1. The normalized spacial score (nSPS) is 9.79. The average molecular weight is 341 g/mol. The number of ether oxygens (including phenoxy) is 1. The second-order valence-corrected chi connectivity index (χ2v) is 5.93. The molecule has 0 aliphatic rings. The largest absolute Gasteiger partial charge is 0.492 e. The van der Waals surface area contributed by atoms with Gasteiger partial charge in [-0.1, -0.05) is 30.3 Å². The number of benzene rings is 2. The lowest BCUT2D eigenvalue weighted by Crippen LogP contribution is -2.32. The molecule has 6 heteroatoms. The van der Waals surface area contributed by atoms with Gasteiger partial charge in [0.15, 0.2) is 0 Å². The van der Waals surface area contributed by atoms with E-state index in [1.54, 1.807) is 11.8 Å². The van der Waals surface area contributed by atoms with E-state index in [2.05, 4.69) is 16.7 Å². The number of rotatable bonds is 8. The van der Waals surface area contributed by atoms with Gasteiger partial charge in [0, 0.05) is 17.1 Å². The van der Waals surface area contributed by atoms with Crippen molar-refractivity contribution in [1.82, 2.24) is 5.32 Å². The van der Waals surface area contributed by atoms with Crippen LogP contribution in [0.2, 0.25) is 0 Å². The van der Waals surface area contributed by atoms with Gasteiger partial charge in [0.25, 0.3) is 0 Å². The molecule has 124 valence electrons. The molecule has 0 atom stereocenters. The summed E-state index contributed by atoms with van der Waals surface area (Å²) in [5, 5.41) is 14.2. The number of carbonyl (C=O) groups is 1. The van der Waals surface area contributed by atoms with E-state index in [0.29, 0.717) is 25.3 Å². The highest BCUT2D eigenvalue weighted by atomic mass is 32.2. The van der Waals surface area contributed by atoms with Gasteiger partial charge in [-0.15, -0.1) is 11.8 Å². The van der Waals surface area contributed by atoms with Crippen molar-refractivity contribution in [2.45, 2.75) is 11.3 Å². The van der Waals surface area contributed by atoms with Gasteiger partial charge in [-0.05, 0) is 24.3 Å². The van der Waals surface area contributed by atoms with E-state index in [9.17, 15) is 4.79 Å². The van der Waals surface area contributed by atoms with E-state index >= 15 is 0 Å². The first-order chi connectivity index (χ1) is 11.8. The molecule has 0 saturated heterocycles. The summed E-state index contributed by atoms with van der Waals surface area (Å²) in [7, 11) is 0. The molecule has 0 spiro atoms. The molecule has 0 fully saturated rings. The molecule has 24 heavy (non-hydrogen) atoms. The molecule has 0 radical (unpaired) electrons. The molecule has 0 aliphatic carbocycles. The summed E-state index contributed by atoms with van der Waals surface area (Å²) in [6.07, 6.45) is 0.474. The lowest BCUT2D eigenvalue weighted by Gasteiger charge is -2.11. The van der Waals surface area contributed by atoms with E-state index < -0.39 is 0 Å². The quantitative estimate of drug-likeness (QED) is 0.564. The fraction of sp³-hybridized carbons (Fsp3) is 0.222. The smallest absolute Gasteiger partial charge is 0.319 e. The molecule has 2 N–H and O–H groups in total. The molecule has 2 aromatic carbocycles. The minimum Gasteiger partial charge on any atom is -0.492 e. The summed E-state index contributed by atoms with van der Waals surface area (Å²) in [5.41, 5.74) is 0.738. The molecule has 0 aromatic heterocycles. The second kappa shape index (κ2) is 10.2. The number of amides is 2. The fourth-order valence-electron chi connectivity index (χ4n) is 1.92. The highest BCUT2D eigenvalue weighted by molar-refractivity contribution is 7.99. The van der Waals surface area contributed by atoms with E-state index in [-0.39, 0.29) is 6.03 Å². The summed E-state index contributed by atoms with van der Waals surface area (Å²) >= 11 is 1.55. The topological polar surface area (TPSA) is 74.2 Å². The third-order valence-corrected chi connectivity index (χ3v) is 4.08. The van der Waals surface area contributed by atoms with E-state index in [1.165, 1.54) is 0 Å². The van der Waals surface area contributed by atoms with Gasteiger partial charge < -0.3 is 15.4 Å². The molecule has 0 bridgehead atoms. The van der Waals surface area contributed by atoms with Crippen LogP contribution in [0.3, 0.4) is 0 Å². The third-order valence-electron chi connectivity index (χ3n) is 3.01. The summed E-state index contributed by atoms with van der Waals surface area (Å²) < 4.78 is 5.52. The van der Waals surface area contributed by atoms with Crippen LogP contribution in [0.5, 0.6) is 5.75 Å². The van der Waals surface area contributed by atoms with Crippen molar-refractivity contribution in [3.8, 4) is 11.8 Å². The Bertz CT molecular complexity index is 686. The molecule has 2 rings (SSSR count). The van der Waals surface area contributed by atoms with Crippen molar-refractivity contribution in [2.75, 3.05) is 24.2 Å². The van der Waals surface area contributed by atoms with Gasteiger partial charge in [-0.25, -0.2) is 4.79 Å². The van der Waals surface area contributed by atoms with Gasteiger partial charge >= 0.3 is 6.03 Å². The van der Waals surface area contributed by atoms with Crippen LogP contribution in [0.1, 0.15) is 6.42 Å². The number of para-hydroxylation sites is 2. The van der Waals surface area contributed by atoms with Crippen LogP contribution in [-0.4, -0.2) is 24.9 Å². The average Bonchev–Trinajstić information content (AvgIpc) is 2.61. The monoisotopic (exact) mass is 341 g/mol. The molecule has 5 nitrogen and oxygen atoms in total. The zero-order chi connectivity index (χ0) is 17.0. The summed E-state index contributed by atoms with van der Waals surface area (Å²) in [6.45, 7) is 0.806. The third kappa shape index (κ3) is 6.23. The number of anilines is 1. The molecule has 0 saturated carbocycles. The van der Waals surface area contributed by atoms with Crippen molar-refractivity contribution in [3.05, 3.63) is 54.6 Å². The highest BCUT2D eigenvalue weighted by Crippen LogP contribution is 2.27. The number of nitrogens with one attached hydrogen (secondary N) is 2. The molecule has 2 amide bonds. The van der Waals surface area contributed by atoms with Gasteiger partial charge in [0.1, 0.15) is 12.4 Å². The molecule has 0 unspecified atom stereocenters. The Morgan fingerprint density at radius 1 is 1.12 bits per heavy atom. The van der Waals surface area contributed by atoms with E-state index in [1.807, 2.05) is 54.6 Å². The Morgan fingerprint density at radius 3 is 2.67 bits per heavy atom. The fourth-order valence-corrected chi connectivity index (χ4v) is 2.78. The minimum absolute atomic E-state index is 0.278. The van der Waals surface area contributed by atoms with Crippen LogP contribution in [0.25, 0.3) is 0 Å². The summed E-state index contributed by atoms with van der Waals surface area (Å²) in [4.78, 5) is 12.9. The van der Waals surface area contributed by atoms with Gasteiger partial charge in [0.2, 0.25) is 0 Å². The lowest BCUT2D eigenvalue weighted by atomic mass is 10.3. The van der Waals surface area contributed by atoms with Gasteiger partial charge in [0.05, 0.1) is 18.3 Å². The van der Waals surface area contributed by atoms with Crippen molar-refractivity contribution >= 4 is 23.5 Å². The SMILES string of the molecule is N#CCCSc1ccccc1NC(=O)NCCOc1ccccc1. The number of hydrogen-bond acceptors (Lipinski definition) is 4. The first-order valence-corrected chi connectivity index (χ1v) is 8.59. The summed E-state index contributed by atoms with van der Waals surface area (Å²) in [6, 6.07) is 18.8. The first kappa shape index (κ1) is 17.7. The minimum atomic E-state index is -0.278. The molecule has 2 aromatic rings. The standard InChI is InChI=1S/C18H19N3O2S/c19-11-6-14-24-17-10-5-4-9-16(17)21-18(22)20-12-13-23-15-7-2-1-3-8-15/h1-5,7-10H,6,12-14H2,(H2,20,21,22). The maximum absolute atomic E-state index is 12.0. The Hall–Kier alpha value is -2.65. The van der Waals surface area contributed by atoms with Crippen LogP contribution in [0, 0.1) is 11.3 Å². The maximum Gasteiger partial charge on any atom is 0.319 e. The molecule has 0 aliphatic heterocycles. The first-order valence-electron chi connectivity index (χ1n) is 7.61. The van der Waals surface area contributed by atoms with Crippen LogP contribution >= 0.6 is 11.8 Å². The van der Waals surface area contributed by atoms with Crippen molar-refractivity contribution < 1.29 is 9.53 Å². The van der Waals surface area contributed by atoms with Crippen LogP contribution in [0.15, 0.2) is 59.5 Å². The second-order valence-electron chi connectivity index (χ2n) is 4.80. The maximum atomic E-state index is 12.0. The lowest BCUT2D eigenvalue weighted by molar-refractivity contribution is 0.247. The molecular weight excluding hydrogens is 322 g/mol.